The lowest BCUT2D eigenvalue weighted by Gasteiger charge is -2.18. The predicted octanol–water partition coefficient (Wildman–Crippen LogP) is 4.86. The smallest absolute Gasteiger partial charge is 0.134 e. The van der Waals surface area contributed by atoms with E-state index in [2.05, 4.69) is 37.9 Å². The summed E-state index contributed by atoms with van der Waals surface area (Å²) in [6.07, 6.45) is 0. The van der Waals surface area contributed by atoms with Crippen molar-refractivity contribution >= 4 is 11.4 Å². The van der Waals surface area contributed by atoms with E-state index in [4.69, 9.17) is 5.41 Å². The second-order valence-electron chi connectivity index (χ2n) is 6.46. The van der Waals surface area contributed by atoms with Gasteiger partial charge in [-0.25, -0.2) is 0 Å². The van der Waals surface area contributed by atoms with Gasteiger partial charge >= 0.3 is 0 Å². The van der Waals surface area contributed by atoms with Crippen LogP contribution in [0.15, 0.2) is 41.0 Å². The van der Waals surface area contributed by atoms with Gasteiger partial charge in [0.2, 0.25) is 0 Å². The summed E-state index contributed by atoms with van der Waals surface area (Å²) in [5.41, 5.74) is 6.87. The maximum atomic E-state index is 8.81. The van der Waals surface area contributed by atoms with Crippen LogP contribution >= 0.6 is 0 Å². The Bertz CT molecular complexity index is 810. The third-order valence-corrected chi connectivity index (χ3v) is 4.40. The van der Waals surface area contributed by atoms with Crippen LogP contribution < -0.4 is 0 Å². The summed E-state index contributed by atoms with van der Waals surface area (Å²) in [5, 5.41) is 17.1. The van der Waals surface area contributed by atoms with Crippen molar-refractivity contribution in [2.24, 2.45) is 0 Å². The molecule has 126 valence electrons. The first kappa shape index (κ1) is 17.9. The fourth-order valence-electron chi connectivity index (χ4n) is 2.82. The lowest BCUT2D eigenvalue weighted by molar-refractivity contribution is 0.946. The number of hydrogen-bond donors (Lipinski definition) is 1. The van der Waals surface area contributed by atoms with Crippen LogP contribution in [0.1, 0.15) is 50.5 Å². The fourth-order valence-corrected chi connectivity index (χ4v) is 2.82. The molecule has 0 saturated carbocycles. The number of allylic oxidation sites excluding steroid dienone is 4. The van der Waals surface area contributed by atoms with Crippen molar-refractivity contribution in [3.05, 3.63) is 63.8 Å². The molecule has 0 radical (unpaired) electrons. The summed E-state index contributed by atoms with van der Waals surface area (Å²) >= 11 is 0. The van der Waals surface area contributed by atoms with Crippen LogP contribution in [0.5, 0.6) is 0 Å². The second kappa shape index (κ2) is 6.95. The highest BCUT2D eigenvalue weighted by Gasteiger charge is 2.18. The second-order valence-corrected chi connectivity index (χ2v) is 6.46. The molecule has 2 rings (SSSR count). The van der Waals surface area contributed by atoms with Crippen molar-refractivity contribution in [3.63, 3.8) is 0 Å². The number of nitrogens with one attached hydrogen (secondary N) is 1. The van der Waals surface area contributed by atoms with Crippen LogP contribution in [-0.4, -0.2) is 20.5 Å². The minimum Gasteiger partial charge on any atom is -0.300 e. The van der Waals surface area contributed by atoms with Crippen molar-refractivity contribution in [2.75, 3.05) is 0 Å². The standard InChI is InChI=1S/C20H26N4/c1-12(2)14(4)19(15(5)24-16(6)22-23-17(24)7)20(21)18-10-8-13(3)9-11-18/h8-11,21H,1-7H3/b19-15-,21-20?. The van der Waals surface area contributed by atoms with Gasteiger partial charge in [-0.15, -0.1) is 10.2 Å². The monoisotopic (exact) mass is 322 g/mol. The predicted molar refractivity (Wildman–Crippen MR) is 100 cm³/mol. The van der Waals surface area contributed by atoms with E-state index in [9.17, 15) is 0 Å². The molecule has 0 unspecified atom stereocenters. The Morgan fingerprint density at radius 3 is 1.83 bits per heavy atom. The van der Waals surface area contributed by atoms with Gasteiger partial charge in [0.1, 0.15) is 11.6 Å². The first-order valence-corrected chi connectivity index (χ1v) is 8.14. The molecule has 1 N–H and O–H groups in total. The molecule has 4 nitrogen and oxygen atoms in total. The highest BCUT2D eigenvalue weighted by molar-refractivity contribution is 6.16. The summed E-state index contributed by atoms with van der Waals surface area (Å²) in [5.74, 6) is 1.67. The highest BCUT2D eigenvalue weighted by Crippen LogP contribution is 2.26. The van der Waals surface area contributed by atoms with E-state index in [-0.39, 0.29) is 0 Å². The average Bonchev–Trinajstić information content (AvgIpc) is 2.86. The quantitative estimate of drug-likeness (QED) is 0.645. The topological polar surface area (TPSA) is 54.6 Å². The summed E-state index contributed by atoms with van der Waals surface area (Å²) in [7, 11) is 0. The van der Waals surface area contributed by atoms with Gasteiger partial charge in [0.05, 0.1) is 5.71 Å². The summed E-state index contributed by atoms with van der Waals surface area (Å²) in [6, 6.07) is 8.11. The lowest BCUT2D eigenvalue weighted by Crippen LogP contribution is -2.12. The molecular weight excluding hydrogens is 296 g/mol. The van der Waals surface area contributed by atoms with E-state index in [0.29, 0.717) is 5.71 Å². The molecule has 0 bridgehead atoms. The van der Waals surface area contributed by atoms with Crippen LogP contribution in [0.2, 0.25) is 0 Å². The van der Waals surface area contributed by atoms with Crippen molar-refractivity contribution in [1.29, 1.82) is 5.41 Å². The Labute approximate surface area is 144 Å². The van der Waals surface area contributed by atoms with Crippen LogP contribution in [-0.2, 0) is 0 Å². The zero-order valence-corrected chi connectivity index (χ0v) is 15.7. The van der Waals surface area contributed by atoms with Gasteiger partial charge in [-0.05, 0) is 54.0 Å². The first-order valence-electron chi connectivity index (χ1n) is 8.14. The van der Waals surface area contributed by atoms with Crippen LogP contribution in [0.4, 0.5) is 0 Å². The number of aromatic nitrogens is 3. The number of rotatable bonds is 4. The van der Waals surface area contributed by atoms with Crippen molar-refractivity contribution < 1.29 is 0 Å². The fraction of sp³-hybridized carbons (Fsp3) is 0.350. The van der Waals surface area contributed by atoms with Gasteiger partial charge < -0.3 is 0 Å². The molecule has 0 saturated heterocycles. The third kappa shape index (κ3) is 3.37. The largest absolute Gasteiger partial charge is 0.300 e. The molecule has 1 aromatic heterocycles. The summed E-state index contributed by atoms with van der Waals surface area (Å²) in [4.78, 5) is 0. The number of hydrogen-bond acceptors (Lipinski definition) is 3. The maximum absolute atomic E-state index is 8.81. The SMILES string of the molecule is CC(C)=C(C)/C(C(=N)c1ccc(C)cc1)=C(\C)n1c(C)nnc1C. The Morgan fingerprint density at radius 2 is 1.38 bits per heavy atom. The normalized spacial score (nSPS) is 12.0. The first-order chi connectivity index (χ1) is 11.2. The Hall–Kier alpha value is -2.49. The molecule has 0 spiro atoms. The number of benzene rings is 1. The van der Waals surface area contributed by atoms with Gasteiger partial charge in [-0.2, -0.15) is 0 Å². The minimum atomic E-state index is 0.527. The molecule has 4 heteroatoms. The zero-order chi connectivity index (χ0) is 18.0. The minimum absolute atomic E-state index is 0.527. The van der Waals surface area contributed by atoms with Crippen molar-refractivity contribution in [1.82, 2.24) is 14.8 Å². The molecule has 0 aliphatic rings. The molecule has 0 amide bonds. The van der Waals surface area contributed by atoms with Crippen molar-refractivity contribution in [2.45, 2.75) is 48.5 Å². The highest BCUT2D eigenvalue weighted by atomic mass is 15.3. The Kier molecular flexibility index (Phi) is 5.17. The molecule has 0 aliphatic carbocycles. The molecule has 1 heterocycles. The maximum Gasteiger partial charge on any atom is 0.134 e. The average molecular weight is 322 g/mol. The van der Waals surface area contributed by atoms with Crippen molar-refractivity contribution in [3.8, 4) is 0 Å². The molecule has 24 heavy (non-hydrogen) atoms. The molecule has 0 aliphatic heterocycles. The van der Waals surface area contributed by atoms with Crippen LogP contribution in [0.3, 0.4) is 0 Å². The number of nitrogens with zero attached hydrogens (tertiary/aromatic N) is 3. The summed E-state index contributed by atoms with van der Waals surface area (Å²) < 4.78 is 2.02. The van der Waals surface area contributed by atoms with Crippen LogP contribution in [0.25, 0.3) is 5.70 Å². The van der Waals surface area contributed by atoms with E-state index in [0.717, 1.165) is 34.1 Å². The lowest BCUT2D eigenvalue weighted by atomic mass is 9.92. The van der Waals surface area contributed by atoms with Gasteiger partial charge in [0.15, 0.2) is 0 Å². The van der Waals surface area contributed by atoms with E-state index >= 15 is 0 Å². The van der Waals surface area contributed by atoms with Gasteiger partial charge in [0, 0.05) is 16.8 Å². The Balaban J connectivity index is 2.70. The van der Waals surface area contributed by atoms with E-state index in [1.807, 2.05) is 49.6 Å². The molecule has 1 aromatic carbocycles. The molecule has 2 aromatic rings. The third-order valence-electron chi connectivity index (χ3n) is 4.40. The molecule has 0 fully saturated rings. The molecule has 0 atom stereocenters. The zero-order valence-electron chi connectivity index (χ0n) is 15.7. The van der Waals surface area contributed by atoms with E-state index < -0.39 is 0 Å². The van der Waals surface area contributed by atoms with E-state index in [1.54, 1.807) is 0 Å². The summed E-state index contributed by atoms with van der Waals surface area (Å²) in [6.45, 7) is 14.2. The van der Waals surface area contributed by atoms with Crippen LogP contribution in [0, 0.1) is 26.2 Å². The molecular formula is C20H26N4. The van der Waals surface area contributed by atoms with E-state index in [1.165, 1.54) is 11.1 Å². The van der Waals surface area contributed by atoms with Gasteiger partial charge in [0.25, 0.3) is 0 Å². The number of aryl methyl sites for hydroxylation is 3. The Morgan fingerprint density at radius 1 is 0.875 bits per heavy atom. The van der Waals surface area contributed by atoms with Gasteiger partial charge in [-0.3, -0.25) is 9.98 Å². The van der Waals surface area contributed by atoms with Gasteiger partial charge in [-0.1, -0.05) is 35.4 Å².